The third kappa shape index (κ3) is 9.64. The summed E-state index contributed by atoms with van der Waals surface area (Å²) in [5, 5.41) is 2.50. The second-order valence-corrected chi connectivity index (χ2v) is 6.14. The van der Waals surface area contributed by atoms with Crippen LogP contribution in [0.5, 0.6) is 5.75 Å². The van der Waals surface area contributed by atoms with E-state index in [2.05, 4.69) is 25.7 Å². The van der Waals surface area contributed by atoms with Crippen LogP contribution < -0.4 is 10.1 Å². The van der Waals surface area contributed by atoms with E-state index in [1.165, 1.54) is 0 Å². The van der Waals surface area contributed by atoms with Crippen molar-refractivity contribution in [2.45, 2.75) is 20.8 Å². The average Bonchev–Trinajstić information content (AvgIpc) is 2.59. The lowest BCUT2D eigenvalue weighted by Crippen LogP contribution is -2.30. The minimum absolute atomic E-state index is 0. The zero-order valence-electron chi connectivity index (χ0n) is 15.6. The number of hydrogen-bond donors (Lipinski definition) is 1. The standard InChI is InChI=1S/C20H27NO5.H2/c1-15(2)14-24-12-5-6-17-7-9-18(10-8-17)26-20(23)21-11-13-25-19(22)16(3)4;/h5-10,15H,3,11-14H2,1-2,4H3,(H,21,23);1H/b6-5+;. The van der Waals surface area contributed by atoms with Crippen LogP contribution in [-0.2, 0) is 14.3 Å². The van der Waals surface area contributed by atoms with Crippen molar-refractivity contribution in [3.8, 4) is 5.75 Å². The van der Waals surface area contributed by atoms with Crippen molar-refractivity contribution in [1.29, 1.82) is 0 Å². The monoisotopic (exact) mass is 363 g/mol. The molecular weight excluding hydrogens is 334 g/mol. The first-order valence-corrected chi connectivity index (χ1v) is 8.51. The molecule has 0 aliphatic carbocycles. The van der Waals surface area contributed by atoms with Crippen molar-refractivity contribution in [1.82, 2.24) is 5.32 Å². The van der Waals surface area contributed by atoms with Crippen LogP contribution in [0, 0.1) is 5.92 Å². The maximum absolute atomic E-state index is 11.7. The molecule has 0 atom stereocenters. The number of rotatable bonds is 10. The van der Waals surface area contributed by atoms with Crippen molar-refractivity contribution in [2.24, 2.45) is 5.92 Å². The zero-order chi connectivity index (χ0) is 19.4. The molecule has 144 valence electrons. The number of benzene rings is 1. The fourth-order valence-corrected chi connectivity index (χ4v) is 1.77. The molecule has 0 aliphatic rings. The van der Waals surface area contributed by atoms with Crippen molar-refractivity contribution in [2.75, 3.05) is 26.4 Å². The molecule has 0 aromatic heterocycles. The number of carbonyl (C=O) groups excluding carboxylic acids is 2. The van der Waals surface area contributed by atoms with Gasteiger partial charge in [0.15, 0.2) is 0 Å². The van der Waals surface area contributed by atoms with Crippen LogP contribution in [0.25, 0.3) is 6.08 Å². The summed E-state index contributed by atoms with van der Waals surface area (Å²) in [5.41, 5.74) is 1.30. The Balaban J connectivity index is 0.00000676. The Morgan fingerprint density at radius 2 is 1.96 bits per heavy atom. The first-order valence-electron chi connectivity index (χ1n) is 8.51. The Morgan fingerprint density at radius 1 is 1.27 bits per heavy atom. The molecule has 0 bridgehead atoms. The highest BCUT2D eigenvalue weighted by atomic mass is 16.6. The molecular formula is C20H29NO5. The molecule has 1 N–H and O–H groups in total. The predicted molar refractivity (Wildman–Crippen MR) is 103 cm³/mol. The highest BCUT2D eigenvalue weighted by molar-refractivity contribution is 5.86. The first-order chi connectivity index (χ1) is 12.4. The lowest BCUT2D eigenvalue weighted by molar-refractivity contribution is -0.138. The van der Waals surface area contributed by atoms with Gasteiger partial charge in [0.05, 0.1) is 13.2 Å². The van der Waals surface area contributed by atoms with Crippen molar-refractivity contribution in [3.05, 3.63) is 48.1 Å². The molecule has 0 saturated carbocycles. The van der Waals surface area contributed by atoms with Crippen molar-refractivity contribution < 1.29 is 25.2 Å². The summed E-state index contributed by atoms with van der Waals surface area (Å²) in [6.07, 6.45) is 3.28. The Bertz CT molecular complexity index is 626. The summed E-state index contributed by atoms with van der Waals surface area (Å²) in [6.45, 7) is 10.8. The van der Waals surface area contributed by atoms with Gasteiger partial charge in [-0.2, -0.15) is 0 Å². The van der Waals surface area contributed by atoms with E-state index < -0.39 is 12.1 Å². The van der Waals surface area contributed by atoms with Gasteiger partial charge < -0.3 is 19.5 Å². The summed E-state index contributed by atoms with van der Waals surface area (Å²) in [4.78, 5) is 22.8. The average molecular weight is 363 g/mol. The van der Waals surface area contributed by atoms with Gasteiger partial charge in [0, 0.05) is 13.6 Å². The van der Waals surface area contributed by atoms with Crippen molar-refractivity contribution >= 4 is 18.1 Å². The van der Waals surface area contributed by atoms with Gasteiger partial charge in [-0.25, -0.2) is 9.59 Å². The summed E-state index contributed by atoms with van der Waals surface area (Å²) in [5.74, 6) is 0.456. The summed E-state index contributed by atoms with van der Waals surface area (Å²) >= 11 is 0. The van der Waals surface area contributed by atoms with Gasteiger partial charge in [0.25, 0.3) is 0 Å². The fraction of sp³-hybridized carbons (Fsp3) is 0.400. The molecule has 0 aliphatic heterocycles. The SMILES string of the molecule is C=C(C)C(=O)OCCNC(=O)Oc1ccc(/C=C/COCC(C)C)cc1.[HH]. The molecule has 1 aromatic carbocycles. The summed E-state index contributed by atoms with van der Waals surface area (Å²) < 4.78 is 15.5. The second kappa shape index (κ2) is 11.9. The molecule has 1 aromatic rings. The van der Waals surface area contributed by atoms with Crippen molar-refractivity contribution in [3.63, 3.8) is 0 Å². The third-order valence-electron chi connectivity index (χ3n) is 3.02. The number of esters is 1. The zero-order valence-corrected chi connectivity index (χ0v) is 15.6. The van der Waals surface area contributed by atoms with E-state index in [0.29, 0.717) is 23.8 Å². The van der Waals surface area contributed by atoms with Gasteiger partial charge in [0.1, 0.15) is 12.4 Å². The molecule has 26 heavy (non-hydrogen) atoms. The smallest absolute Gasteiger partial charge is 0.412 e. The molecule has 0 saturated heterocycles. The van der Waals surface area contributed by atoms with E-state index in [-0.39, 0.29) is 14.6 Å². The van der Waals surface area contributed by atoms with Gasteiger partial charge in [-0.05, 0) is 30.5 Å². The predicted octanol–water partition coefficient (Wildman–Crippen LogP) is 3.83. The quantitative estimate of drug-likeness (QED) is 0.388. The number of carbonyl (C=O) groups is 2. The number of nitrogens with one attached hydrogen (secondary N) is 1. The fourth-order valence-electron chi connectivity index (χ4n) is 1.77. The van der Waals surface area contributed by atoms with E-state index in [1.54, 1.807) is 19.1 Å². The maximum atomic E-state index is 11.7. The van der Waals surface area contributed by atoms with Crippen LogP contribution >= 0.6 is 0 Å². The van der Waals surface area contributed by atoms with Crippen LogP contribution in [0.1, 0.15) is 27.8 Å². The first kappa shape index (κ1) is 21.4. The third-order valence-corrected chi connectivity index (χ3v) is 3.02. The highest BCUT2D eigenvalue weighted by Gasteiger charge is 2.05. The van der Waals surface area contributed by atoms with E-state index in [1.807, 2.05) is 24.3 Å². The molecule has 6 nitrogen and oxygen atoms in total. The van der Waals surface area contributed by atoms with E-state index in [0.717, 1.165) is 12.2 Å². The lowest BCUT2D eigenvalue weighted by atomic mass is 10.2. The van der Waals surface area contributed by atoms with E-state index in [9.17, 15) is 9.59 Å². The Labute approximate surface area is 156 Å². The van der Waals surface area contributed by atoms with Crippen LogP contribution in [0.4, 0.5) is 4.79 Å². The molecule has 1 amide bonds. The molecule has 0 heterocycles. The maximum Gasteiger partial charge on any atom is 0.412 e. The Kier molecular flexibility index (Phi) is 9.79. The normalized spacial score (nSPS) is 10.8. The minimum atomic E-state index is -0.609. The van der Waals surface area contributed by atoms with E-state index in [4.69, 9.17) is 14.2 Å². The topological polar surface area (TPSA) is 73.9 Å². The minimum Gasteiger partial charge on any atom is -0.460 e. The van der Waals surface area contributed by atoms with Gasteiger partial charge in [-0.15, -0.1) is 0 Å². The Morgan fingerprint density at radius 3 is 2.58 bits per heavy atom. The number of ether oxygens (including phenoxy) is 3. The number of amides is 1. The summed E-state index contributed by atoms with van der Waals surface area (Å²) in [7, 11) is 0. The van der Waals surface area contributed by atoms with Crippen LogP contribution in [-0.4, -0.2) is 38.4 Å². The van der Waals surface area contributed by atoms with Crippen LogP contribution in [0.15, 0.2) is 42.5 Å². The molecule has 6 heteroatoms. The molecule has 0 unspecified atom stereocenters. The van der Waals surface area contributed by atoms with Crippen LogP contribution in [0.3, 0.4) is 0 Å². The van der Waals surface area contributed by atoms with Gasteiger partial charge in [0.2, 0.25) is 0 Å². The Hall–Kier alpha value is -2.60. The van der Waals surface area contributed by atoms with Gasteiger partial charge >= 0.3 is 12.1 Å². The van der Waals surface area contributed by atoms with Gasteiger partial charge in [-0.1, -0.05) is 44.7 Å². The lowest BCUT2D eigenvalue weighted by Gasteiger charge is -2.07. The molecule has 1 rings (SSSR count). The molecule has 0 spiro atoms. The molecule has 0 fully saturated rings. The highest BCUT2D eigenvalue weighted by Crippen LogP contribution is 2.13. The van der Waals surface area contributed by atoms with Gasteiger partial charge in [-0.3, -0.25) is 0 Å². The summed E-state index contributed by atoms with van der Waals surface area (Å²) in [6, 6.07) is 7.09. The number of hydrogen-bond acceptors (Lipinski definition) is 5. The van der Waals surface area contributed by atoms with Crippen LogP contribution in [0.2, 0.25) is 0 Å². The largest absolute Gasteiger partial charge is 0.460 e. The van der Waals surface area contributed by atoms with E-state index >= 15 is 0 Å². The second-order valence-electron chi connectivity index (χ2n) is 6.14. The molecule has 0 radical (unpaired) electrons.